The molecule has 1 aliphatic rings. The summed E-state index contributed by atoms with van der Waals surface area (Å²) in [6, 6.07) is 10.6. The monoisotopic (exact) mass is 326 g/mol. The molecule has 1 saturated heterocycles. The third-order valence-corrected chi connectivity index (χ3v) is 5.22. The molecule has 3 rings (SSSR count). The molecule has 128 valence electrons. The Labute approximate surface area is 143 Å². The Kier molecular flexibility index (Phi) is 5.28. The largest absolute Gasteiger partial charge is 0.342 e. The highest BCUT2D eigenvalue weighted by molar-refractivity contribution is 5.84. The Morgan fingerprint density at radius 3 is 2.54 bits per heavy atom. The van der Waals surface area contributed by atoms with Crippen molar-refractivity contribution < 1.29 is 4.79 Å². The molecule has 0 saturated carbocycles. The summed E-state index contributed by atoms with van der Waals surface area (Å²) >= 11 is 0. The van der Waals surface area contributed by atoms with E-state index in [0.29, 0.717) is 12.0 Å². The van der Waals surface area contributed by atoms with Crippen LogP contribution in [0.3, 0.4) is 0 Å². The predicted octanol–water partition coefficient (Wildman–Crippen LogP) is 3.27. The molecule has 0 bridgehead atoms. The van der Waals surface area contributed by atoms with Crippen molar-refractivity contribution in [3.05, 3.63) is 48.5 Å². The van der Waals surface area contributed by atoms with E-state index < -0.39 is 0 Å². The van der Waals surface area contributed by atoms with Crippen LogP contribution in [0.2, 0.25) is 0 Å². The van der Waals surface area contributed by atoms with E-state index in [2.05, 4.69) is 36.1 Å². The number of nitrogens with zero attached hydrogens (tertiary/aromatic N) is 4. The van der Waals surface area contributed by atoms with Gasteiger partial charge in [-0.1, -0.05) is 50.6 Å². The van der Waals surface area contributed by atoms with Gasteiger partial charge in [0.05, 0.1) is 12.0 Å². The van der Waals surface area contributed by atoms with Gasteiger partial charge < -0.3 is 4.90 Å². The molecule has 1 aromatic heterocycles. The molecule has 0 N–H and O–H groups in total. The van der Waals surface area contributed by atoms with Crippen LogP contribution >= 0.6 is 0 Å². The molecule has 2 aromatic rings. The van der Waals surface area contributed by atoms with Crippen LogP contribution in [-0.4, -0.2) is 38.7 Å². The van der Waals surface area contributed by atoms with Crippen molar-refractivity contribution in [1.82, 2.24) is 19.7 Å². The Balaban J connectivity index is 1.70. The highest BCUT2D eigenvalue weighted by atomic mass is 16.2. The van der Waals surface area contributed by atoms with Gasteiger partial charge in [0.25, 0.3) is 0 Å². The Morgan fingerprint density at radius 1 is 1.25 bits per heavy atom. The zero-order valence-corrected chi connectivity index (χ0v) is 14.5. The second-order valence-electron chi connectivity index (χ2n) is 6.71. The van der Waals surface area contributed by atoms with Crippen molar-refractivity contribution in [2.24, 2.45) is 5.92 Å². The van der Waals surface area contributed by atoms with Crippen molar-refractivity contribution in [1.29, 1.82) is 0 Å². The molecule has 2 atom stereocenters. The summed E-state index contributed by atoms with van der Waals surface area (Å²) in [4.78, 5) is 19.2. The molecule has 0 spiro atoms. The average molecular weight is 326 g/mol. The second kappa shape index (κ2) is 7.60. The van der Waals surface area contributed by atoms with E-state index in [9.17, 15) is 4.79 Å². The van der Waals surface area contributed by atoms with Crippen LogP contribution in [0.5, 0.6) is 0 Å². The zero-order valence-electron chi connectivity index (χ0n) is 14.5. The number of carbonyl (C=O) groups is 1. The van der Waals surface area contributed by atoms with Gasteiger partial charge in [0.2, 0.25) is 5.91 Å². The molecule has 0 radical (unpaired) electrons. The van der Waals surface area contributed by atoms with E-state index in [-0.39, 0.29) is 11.8 Å². The molecular formula is C19H26N4O. The molecule has 5 heteroatoms. The van der Waals surface area contributed by atoms with Crippen LogP contribution < -0.4 is 0 Å². The molecule has 1 aliphatic heterocycles. The molecular weight excluding hydrogens is 300 g/mol. The molecule has 1 amide bonds. The smallest absolute Gasteiger partial charge is 0.230 e. The number of hydrogen-bond acceptors (Lipinski definition) is 3. The van der Waals surface area contributed by atoms with E-state index in [4.69, 9.17) is 0 Å². The normalized spacial score (nSPS) is 18.3. The van der Waals surface area contributed by atoms with Crippen molar-refractivity contribution in [2.45, 2.75) is 45.1 Å². The van der Waals surface area contributed by atoms with Gasteiger partial charge >= 0.3 is 0 Å². The van der Waals surface area contributed by atoms with Gasteiger partial charge in [0.15, 0.2) is 0 Å². The fourth-order valence-electron chi connectivity index (χ4n) is 3.56. The number of rotatable bonds is 5. The fraction of sp³-hybridized carbons (Fsp3) is 0.526. The van der Waals surface area contributed by atoms with Gasteiger partial charge in [0, 0.05) is 13.1 Å². The molecule has 2 unspecified atom stereocenters. The van der Waals surface area contributed by atoms with Gasteiger partial charge in [-0.2, -0.15) is 5.10 Å². The van der Waals surface area contributed by atoms with Gasteiger partial charge in [-0.25, -0.2) is 9.67 Å². The van der Waals surface area contributed by atoms with Crippen molar-refractivity contribution >= 4 is 5.91 Å². The Hall–Kier alpha value is -2.17. The van der Waals surface area contributed by atoms with E-state index in [1.165, 1.54) is 0 Å². The maximum atomic E-state index is 13.2. The van der Waals surface area contributed by atoms with Crippen molar-refractivity contribution in [3.8, 4) is 0 Å². The summed E-state index contributed by atoms with van der Waals surface area (Å²) in [6.07, 6.45) is 6.23. The number of benzene rings is 1. The second-order valence-corrected chi connectivity index (χ2v) is 6.71. The minimum Gasteiger partial charge on any atom is -0.342 e. The lowest BCUT2D eigenvalue weighted by atomic mass is 9.84. The highest BCUT2D eigenvalue weighted by Crippen LogP contribution is 2.31. The van der Waals surface area contributed by atoms with Gasteiger partial charge in [0.1, 0.15) is 12.7 Å². The number of hydrogen-bond donors (Lipinski definition) is 0. The van der Waals surface area contributed by atoms with E-state index in [1.807, 2.05) is 27.8 Å². The zero-order chi connectivity index (χ0) is 16.9. The lowest BCUT2D eigenvalue weighted by Crippen LogP contribution is -2.43. The lowest BCUT2D eigenvalue weighted by molar-refractivity contribution is -0.135. The van der Waals surface area contributed by atoms with Gasteiger partial charge in [-0.05, 0) is 24.3 Å². The summed E-state index contributed by atoms with van der Waals surface area (Å²) in [6.45, 7) is 5.93. The molecule has 24 heavy (non-hydrogen) atoms. The molecule has 5 nitrogen and oxygen atoms in total. The van der Waals surface area contributed by atoms with Crippen LogP contribution in [0.4, 0.5) is 0 Å². The fourth-order valence-corrected chi connectivity index (χ4v) is 3.56. The summed E-state index contributed by atoms with van der Waals surface area (Å²) in [5, 5.41) is 4.24. The third kappa shape index (κ3) is 3.50. The Bertz CT molecular complexity index is 633. The van der Waals surface area contributed by atoms with Crippen molar-refractivity contribution in [3.63, 3.8) is 0 Å². The van der Waals surface area contributed by atoms with E-state index in [0.717, 1.165) is 37.9 Å². The molecule has 1 fully saturated rings. The first-order valence-corrected chi connectivity index (χ1v) is 8.88. The van der Waals surface area contributed by atoms with Crippen LogP contribution in [0, 0.1) is 5.92 Å². The summed E-state index contributed by atoms with van der Waals surface area (Å²) in [7, 11) is 0. The lowest BCUT2D eigenvalue weighted by Gasteiger charge is -2.35. The average Bonchev–Trinajstić information content (AvgIpc) is 3.17. The minimum atomic E-state index is -0.0425. The molecule has 2 heterocycles. The summed E-state index contributed by atoms with van der Waals surface area (Å²) in [5.74, 6) is 0.569. The standard InChI is InChI=1S/C19H26N4O/c1-3-15(2)18(16-7-5-4-6-8-16)19(24)22-11-9-17(10-12-22)23-14-20-13-21-23/h4-8,13-15,17-18H,3,9-12H2,1-2H3. The van der Waals surface area contributed by atoms with E-state index in [1.54, 1.807) is 12.7 Å². The topological polar surface area (TPSA) is 51.0 Å². The molecule has 0 aliphatic carbocycles. The van der Waals surface area contributed by atoms with Crippen molar-refractivity contribution in [2.75, 3.05) is 13.1 Å². The van der Waals surface area contributed by atoms with Crippen LogP contribution in [0.15, 0.2) is 43.0 Å². The quantitative estimate of drug-likeness (QED) is 0.847. The number of aromatic nitrogens is 3. The van der Waals surface area contributed by atoms with Crippen LogP contribution in [-0.2, 0) is 4.79 Å². The number of likely N-dealkylation sites (tertiary alicyclic amines) is 1. The first kappa shape index (κ1) is 16.7. The predicted molar refractivity (Wildman–Crippen MR) is 93.5 cm³/mol. The first-order chi connectivity index (χ1) is 11.7. The molecule has 1 aromatic carbocycles. The number of carbonyl (C=O) groups excluding carboxylic acids is 1. The maximum Gasteiger partial charge on any atom is 0.230 e. The number of piperidine rings is 1. The SMILES string of the molecule is CCC(C)C(C(=O)N1CCC(n2cncn2)CC1)c1ccccc1. The van der Waals surface area contributed by atoms with Gasteiger partial charge in [-0.3, -0.25) is 4.79 Å². The van der Waals surface area contributed by atoms with E-state index >= 15 is 0 Å². The van der Waals surface area contributed by atoms with Crippen LogP contribution in [0.25, 0.3) is 0 Å². The first-order valence-electron chi connectivity index (χ1n) is 8.88. The maximum absolute atomic E-state index is 13.2. The Morgan fingerprint density at radius 2 is 1.96 bits per heavy atom. The van der Waals surface area contributed by atoms with Crippen LogP contribution in [0.1, 0.15) is 50.6 Å². The summed E-state index contributed by atoms with van der Waals surface area (Å²) in [5.41, 5.74) is 1.13. The third-order valence-electron chi connectivity index (χ3n) is 5.22. The highest BCUT2D eigenvalue weighted by Gasteiger charge is 2.32. The summed E-state index contributed by atoms with van der Waals surface area (Å²) < 4.78 is 1.92. The number of amides is 1. The minimum absolute atomic E-state index is 0.0425. The van der Waals surface area contributed by atoms with Gasteiger partial charge in [-0.15, -0.1) is 0 Å².